The summed E-state index contributed by atoms with van der Waals surface area (Å²) in [5, 5.41) is 2.76. The molecule has 1 aliphatic heterocycles. The molecule has 0 aromatic heterocycles. The van der Waals surface area contributed by atoms with Crippen molar-refractivity contribution in [3.63, 3.8) is 0 Å². The molecule has 0 saturated carbocycles. The molecule has 1 fully saturated rings. The van der Waals surface area contributed by atoms with Gasteiger partial charge in [-0.3, -0.25) is 9.59 Å². The van der Waals surface area contributed by atoms with E-state index in [2.05, 4.69) is 17.9 Å². The minimum absolute atomic E-state index is 0.126. The molecule has 102 valence electrons. The van der Waals surface area contributed by atoms with Crippen molar-refractivity contribution in [1.82, 2.24) is 10.2 Å². The number of amides is 2. The summed E-state index contributed by atoms with van der Waals surface area (Å²) in [7, 11) is 0. The highest BCUT2D eigenvalue weighted by atomic mass is 32.1. The Kier molecular flexibility index (Phi) is 4.85. The van der Waals surface area contributed by atoms with Crippen LogP contribution in [0.25, 0.3) is 0 Å². The van der Waals surface area contributed by atoms with Crippen LogP contribution in [0.1, 0.15) is 29.6 Å². The predicted molar refractivity (Wildman–Crippen MR) is 76.5 cm³/mol. The summed E-state index contributed by atoms with van der Waals surface area (Å²) >= 11 is 4.19. The first kappa shape index (κ1) is 13.9. The molecule has 0 bridgehead atoms. The van der Waals surface area contributed by atoms with Gasteiger partial charge in [0.05, 0.1) is 0 Å². The minimum atomic E-state index is -0.162. The zero-order chi connectivity index (χ0) is 13.7. The van der Waals surface area contributed by atoms with Crippen LogP contribution < -0.4 is 5.32 Å². The van der Waals surface area contributed by atoms with Gasteiger partial charge in [0.25, 0.3) is 5.91 Å². The number of rotatable bonds is 4. The lowest BCUT2D eigenvalue weighted by atomic mass is 10.2. The van der Waals surface area contributed by atoms with Crippen LogP contribution in [-0.4, -0.2) is 36.3 Å². The van der Waals surface area contributed by atoms with E-state index in [-0.39, 0.29) is 11.8 Å². The molecule has 0 radical (unpaired) electrons. The molecule has 0 aliphatic carbocycles. The first-order valence-electron chi connectivity index (χ1n) is 6.52. The summed E-state index contributed by atoms with van der Waals surface area (Å²) in [6, 6.07) is 7.04. The molecule has 0 spiro atoms. The molecule has 5 heteroatoms. The van der Waals surface area contributed by atoms with Gasteiger partial charge in [-0.1, -0.05) is 6.07 Å². The standard InChI is InChI=1S/C14H18N2O2S/c17-13(16-8-1-2-9-16)6-7-15-14(18)11-4-3-5-12(19)10-11/h3-5,10,19H,1-2,6-9H2,(H,15,18). The van der Waals surface area contributed by atoms with E-state index in [1.807, 2.05) is 11.0 Å². The van der Waals surface area contributed by atoms with Crippen molar-refractivity contribution in [3.05, 3.63) is 29.8 Å². The van der Waals surface area contributed by atoms with Crippen molar-refractivity contribution < 1.29 is 9.59 Å². The summed E-state index contributed by atoms with van der Waals surface area (Å²) in [6.07, 6.45) is 2.55. The SMILES string of the molecule is O=C(NCCC(=O)N1CCCC1)c1cccc(S)c1. The Hall–Kier alpha value is -1.49. The largest absolute Gasteiger partial charge is 0.352 e. The van der Waals surface area contributed by atoms with Gasteiger partial charge in [-0.15, -0.1) is 12.6 Å². The van der Waals surface area contributed by atoms with Crippen molar-refractivity contribution in [2.45, 2.75) is 24.2 Å². The molecular weight excluding hydrogens is 260 g/mol. The Labute approximate surface area is 118 Å². The molecule has 1 N–H and O–H groups in total. The van der Waals surface area contributed by atoms with E-state index in [1.165, 1.54) is 0 Å². The molecule has 0 atom stereocenters. The molecular formula is C14H18N2O2S. The van der Waals surface area contributed by atoms with Crippen molar-refractivity contribution in [3.8, 4) is 0 Å². The number of carbonyl (C=O) groups excluding carboxylic acids is 2. The second-order valence-corrected chi connectivity index (χ2v) is 5.16. The third-order valence-corrected chi connectivity index (χ3v) is 3.47. The lowest BCUT2D eigenvalue weighted by Crippen LogP contribution is -2.32. The fraction of sp³-hybridized carbons (Fsp3) is 0.429. The first-order valence-corrected chi connectivity index (χ1v) is 6.96. The van der Waals surface area contributed by atoms with Crippen LogP contribution in [0.15, 0.2) is 29.2 Å². The number of carbonyl (C=O) groups is 2. The maximum atomic E-state index is 11.8. The molecule has 0 unspecified atom stereocenters. The van der Waals surface area contributed by atoms with Gasteiger partial charge in [0.1, 0.15) is 0 Å². The number of hydrogen-bond donors (Lipinski definition) is 2. The molecule has 2 amide bonds. The van der Waals surface area contributed by atoms with E-state index >= 15 is 0 Å². The molecule has 1 aromatic rings. The van der Waals surface area contributed by atoms with Gasteiger partial charge in [0, 0.05) is 36.5 Å². The van der Waals surface area contributed by atoms with E-state index in [4.69, 9.17) is 0 Å². The Morgan fingerprint density at radius 2 is 2.00 bits per heavy atom. The van der Waals surface area contributed by atoms with Gasteiger partial charge < -0.3 is 10.2 Å². The third-order valence-electron chi connectivity index (χ3n) is 3.19. The first-order chi connectivity index (χ1) is 9.16. The fourth-order valence-corrected chi connectivity index (χ4v) is 2.38. The fourth-order valence-electron chi connectivity index (χ4n) is 2.16. The predicted octanol–water partition coefficient (Wildman–Crippen LogP) is 1.72. The number of likely N-dealkylation sites (tertiary alicyclic amines) is 1. The molecule has 2 rings (SSSR count). The van der Waals surface area contributed by atoms with E-state index in [9.17, 15) is 9.59 Å². The monoisotopic (exact) mass is 278 g/mol. The number of hydrogen-bond acceptors (Lipinski definition) is 3. The summed E-state index contributed by atoms with van der Waals surface area (Å²) in [5.41, 5.74) is 0.570. The minimum Gasteiger partial charge on any atom is -0.352 e. The van der Waals surface area contributed by atoms with Crippen LogP contribution in [0.4, 0.5) is 0 Å². The Morgan fingerprint density at radius 1 is 1.26 bits per heavy atom. The topological polar surface area (TPSA) is 49.4 Å². The number of nitrogens with one attached hydrogen (secondary N) is 1. The van der Waals surface area contributed by atoms with Crippen LogP contribution in [0.5, 0.6) is 0 Å². The van der Waals surface area contributed by atoms with Crippen molar-refractivity contribution >= 4 is 24.4 Å². The van der Waals surface area contributed by atoms with E-state index in [1.54, 1.807) is 18.2 Å². The number of nitrogens with zero attached hydrogens (tertiary/aromatic N) is 1. The van der Waals surface area contributed by atoms with Gasteiger partial charge >= 0.3 is 0 Å². The quantitative estimate of drug-likeness (QED) is 0.824. The summed E-state index contributed by atoms with van der Waals surface area (Å²) in [6.45, 7) is 2.09. The second-order valence-electron chi connectivity index (χ2n) is 4.64. The lowest BCUT2D eigenvalue weighted by molar-refractivity contribution is -0.129. The van der Waals surface area contributed by atoms with Gasteiger partial charge in [0.15, 0.2) is 0 Å². The number of thiol groups is 1. The van der Waals surface area contributed by atoms with Crippen LogP contribution >= 0.6 is 12.6 Å². The molecule has 4 nitrogen and oxygen atoms in total. The molecule has 1 heterocycles. The molecule has 19 heavy (non-hydrogen) atoms. The Balaban J connectivity index is 1.76. The second kappa shape index (κ2) is 6.61. The molecule has 1 aromatic carbocycles. The van der Waals surface area contributed by atoms with Crippen LogP contribution in [0.3, 0.4) is 0 Å². The van der Waals surface area contributed by atoms with Crippen molar-refractivity contribution in [2.24, 2.45) is 0 Å². The Morgan fingerprint density at radius 3 is 2.68 bits per heavy atom. The highest BCUT2D eigenvalue weighted by molar-refractivity contribution is 7.80. The van der Waals surface area contributed by atoms with Crippen molar-refractivity contribution in [2.75, 3.05) is 19.6 Å². The maximum absolute atomic E-state index is 11.8. The normalized spacial score (nSPS) is 14.5. The zero-order valence-electron chi connectivity index (χ0n) is 10.8. The third kappa shape index (κ3) is 3.99. The average Bonchev–Trinajstić information content (AvgIpc) is 2.92. The van der Waals surface area contributed by atoms with Gasteiger partial charge in [-0.2, -0.15) is 0 Å². The van der Waals surface area contributed by atoms with Crippen LogP contribution in [-0.2, 0) is 4.79 Å². The summed E-state index contributed by atoms with van der Waals surface area (Å²) in [4.78, 5) is 26.2. The smallest absolute Gasteiger partial charge is 0.251 e. The zero-order valence-corrected chi connectivity index (χ0v) is 11.7. The Bertz CT molecular complexity index is 470. The van der Waals surface area contributed by atoms with Crippen LogP contribution in [0, 0.1) is 0 Å². The molecule has 1 saturated heterocycles. The lowest BCUT2D eigenvalue weighted by Gasteiger charge is -2.15. The average molecular weight is 278 g/mol. The number of benzene rings is 1. The maximum Gasteiger partial charge on any atom is 0.251 e. The van der Waals surface area contributed by atoms with E-state index < -0.39 is 0 Å². The van der Waals surface area contributed by atoms with Crippen molar-refractivity contribution in [1.29, 1.82) is 0 Å². The molecule has 1 aliphatic rings. The summed E-state index contributed by atoms with van der Waals surface area (Å²) < 4.78 is 0. The highest BCUT2D eigenvalue weighted by Crippen LogP contribution is 2.10. The van der Waals surface area contributed by atoms with Crippen LogP contribution in [0.2, 0.25) is 0 Å². The highest BCUT2D eigenvalue weighted by Gasteiger charge is 2.17. The van der Waals surface area contributed by atoms with Gasteiger partial charge in [-0.25, -0.2) is 0 Å². The van der Waals surface area contributed by atoms with Gasteiger partial charge in [-0.05, 0) is 31.0 Å². The van der Waals surface area contributed by atoms with E-state index in [0.29, 0.717) is 18.5 Å². The van der Waals surface area contributed by atoms with Gasteiger partial charge in [0.2, 0.25) is 5.91 Å². The summed E-state index contributed by atoms with van der Waals surface area (Å²) in [5.74, 6) is -0.0362. The van der Waals surface area contributed by atoms with E-state index in [0.717, 1.165) is 30.8 Å².